The summed E-state index contributed by atoms with van der Waals surface area (Å²) in [5, 5.41) is 0. The molecule has 0 spiro atoms. The van der Waals surface area contributed by atoms with Crippen LogP contribution in [0, 0.1) is 5.92 Å². The molecule has 1 aromatic heterocycles. The van der Waals surface area contributed by atoms with E-state index in [9.17, 15) is 13.2 Å². The summed E-state index contributed by atoms with van der Waals surface area (Å²) in [6.45, 7) is 1.95. The van der Waals surface area contributed by atoms with Gasteiger partial charge in [-0.05, 0) is 36.6 Å². The number of sulfonamides is 1. The summed E-state index contributed by atoms with van der Waals surface area (Å²) < 4.78 is 37.9. The molecular formula is C18H22N2O5S. The molecule has 1 fully saturated rings. The lowest BCUT2D eigenvalue weighted by Crippen LogP contribution is -2.30. The molecule has 140 valence electrons. The fraction of sp³-hybridized carbons (Fsp3) is 0.389. The zero-order valence-electron chi connectivity index (χ0n) is 14.6. The third-order valence-electron chi connectivity index (χ3n) is 4.32. The van der Waals surface area contributed by atoms with Gasteiger partial charge in [-0.25, -0.2) is 13.1 Å². The van der Waals surface area contributed by atoms with E-state index in [0.717, 1.165) is 12.0 Å². The Labute approximate surface area is 153 Å². The molecule has 3 rings (SSSR count). The predicted octanol–water partition coefficient (Wildman–Crippen LogP) is 1.87. The SMILES string of the molecule is CN(Cc1ccoc1)C(=O)c1cccc(S(=O)(=O)NC[C@@H]2CCOC2)c1. The van der Waals surface area contributed by atoms with E-state index in [1.165, 1.54) is 17.0 Å². The molecule has 1 aliphatic heterocycles. The van der Waals surface area contributed by atoms with Crippen molar-refractivity contribution in [2.24, 2.45) is 5.92 Å². The number of carbonyl (C=O) groups excluding carboxylic acids is 1. The smallest absolute Gasteiger partial charge is 0.253 e. The number of amides is 1. The number of hydrogen-bond donors (Lipinski definition) is 1. The Morgan fingerprint density at radius 2 is 2.19 bits per heavy atom. The van der Waals surface area contributed by atoms with Crippen molar-refractivity contribution in [3.05, 3.63) is 54.0 Å². The molecule has 1 aromatic carbocycles. The zero-order valence-corrected chi connectivity index (χ0v) is 15.4. The Bertz CT molecular complexity index is 842. The van der Waals surface area contributed by atoms with E-state index < -0.39 is 10.0 Å². The lowest BCUT2D eigenvalue weighted by atomic mass is 10.1. The first kappa shape index (κ1) is 18.6. The molecule has 0 aliphatic carbocycles. The third kappa shape index (κ3) is 4.51. The van der Waals surface area contributed by atoms with Gasteiger partial charge in [0, 0.05) is 37.9 Å². The topological polar surface area (TPSA) is 88.9 Å². The summed E-state index contributed by atoms with van der Waals surface area (Å²) in [6.07, 6.45) is 3.96. The van der Waals surface area contributed by atoms with Crippen LogP contribution < -0.4 is 4.72 Å². The molecule has 1 amide bonds. The van der Waals surface area contributed by atoms with Gasteiger partial charge in [0.25, 0.3) is 5.91 Å². The number of nitrogens with zero attached hydrogens (tertiary/aromatic N) is 1. The maximum absolute atomic E-state index is 12.6. The second kappa shape index (κ2) is 8.03. The summed E-state index contributed by atoms with van der Waals surface area (Å²) >= 11 is 0. The fourth-order valence-electron chi connectivity index (χ4n) is 2.80. The van der Waals surface area contributed by atoms with Crippen LogP contribution in [-0.4, -0.2) is 46.0 Å². The monoisotopic (exact) mass is 378 g/mol. The molecule has 0 unspecified atom stereocenters. The highest BCUT2D eigenvalue weighted by Crippen LogP contribution is 2.16. The van der Waals surface area contributed by atoms with Gasteiger partial charge < -0.3 is 14.1 Å². The van der Waals surface area contributed by atoms with E-state index in [4.69, 9.17) is 9.15 Å². The molecule has 2 aromatic rings. The summed E-state index contributed by atoms with van der Waals surface area (Å²) in [5.74, 6) is -0.0666. The molecule has 1 N–H and O–H groups in total. The van der Waals surface area contributed by atoms with Gasteiger partial charge in [-0.15, -0.1) is 0 Å². The van der Waals surface area contributed by atoms with E-state index in [1.54, 1.807) is 37.8 Å². The number of carbonyl (C=O) groups is 1. The largest absolute Gasteiger partial charge is 0.472 e. The highest BCUT2D eigenvalue weighted by Gasteiger charge is 2.21. The zero-order chi connectivity index (χ0) is 18.6. The van der Waals surface area contributed by atoms with Crippen molar-refractivity contribution in [2.45, 2.75) is 17.9 Å². The Balaban J connectivity index is 1.69. The highest BCUT2D eigenvalue weighted by atomic mass is 32.2. The fourth-order valence-corrected chi connectivity index (χ4v) is 3.96. The van der Waals surface area contributed by atoms with Crippen molar-refractivity contribution in [1.29, 1.82) is 0 Å². The van der Waals surface area contributed by atoms with Crippen molar-refractivity contribution < 1.29 is 22.4 Å². The van der Waals surface area contributed by atoms with Crippen LogP contribution in [0.4, 0.5) is 0 Å². The average molecular weight is 378 g/mol. The number of nitrogens with one attached hydrogen (secondary N) is 1. The Hall–Kier alpha value is -2.16. The van der Waals surface area contributed by atoms with E-state index in [0.29, 0.717) is 31.9 Å². The van der Waals surface area contributed by atoms with E-state index in [2.05, 4.69) is 4.72 Å². The van der Waals surface area contributed by atoms with Crippen molar-refractivity contribution in [3.63, 3.8) is 0 Å². The van der Waals surface area contributed by atoms with Gasteiger partial charge in [-0.1, -0.05) is 6.07 Å². The van der Waals surface area contributed by atoms with Gasteiger partial charge in [0.15, 0.2) is 0 Å². The van der Waals surface area contributed by atoms with E-state index in [-0.39, 0.29) is 16.7 Å². The number of benzene rings is 1. The molecule has 1 saturated heterocycles. The maximum Gasteiger partial charge on any atom is 0.253 e. The summed E-state index contributed by atoms with van der Waals surface area (Å²) in [4.78, 5) is 14.2. The standard InChI is InChI=1S/C18H22N2O5S/c1-20(11-15-6-8-25-13-15)18(21)16-3-2-4-17(9-16)26(22,23)19-10-14-5-7-24-12-14/h2-4,6,8-9,13-14,19H,5,7,10-12H2,1H3/t14-/m0/s1. The summed E-state index contributed by atoms with van der Waals surface area (Å²) in [5.41, 5.74) is 1.19. The first-order valence-corrected chi connectivity index (χ1v) is 9.88. The number of hydrogen-bond acceptors (Lipinski definition) is 5. The number of rotatable bonds is 7. The van der Waals surface area contributed by atoms with Crippen molar-refractivity contribution in [1.82, 2.24) is 9.62 Å². The van der Waals surface area contributed by atoms with Crippen LogP contribution in [0.5, 0.6) is 0 Å². The maximum atomic E-state index is 12.6. The minimum atomic E-state index is -3.67. The van der Waals surface area contributed by atoms with Crippen LogP contribution in [0.15, 0.2) is 52.2 Å². The van der Waals surface area contributed by atoms with E-state index in [1.807, 2.05) is 0 Å². The number of furan rings is 1. The molecule has 0 saturated carbocycles. The van der Waals surface area contributed by atoms with Crippen LogP contribution in [-0.2, 0) is 21.3 Å². The van der Waals surface area contributed by atoms with Gasteiger partial charge in [0.2, 0.25) is 10.0 Å². The molecule has 26 heavy (non-hydrogen) atoms. The lowest BCUT2D eigenvalue weighted by molar-refractivity contribution is 0.0784. The van der Waals surface area contributed by atoms with Crippen LogP contribution >= 0.6 is 0 Å². The molecule has 1 aliphatic rings. The lowest BCUT2D eigenvalue weighted by Gasteiger charge is -2.17. The van der Waals surface area contributed by atoms with Gasteiger partial charge >= 0.3 is 0 Å². The molecule has 2 heterocycles. The minimum Gasteiger partial charge on any atom is -0.472 e. The first-order chi connectivity index (χ1) is 12.5. The average Bonchev–Trinajstić information content (AvgIpc) is 3.33. The van der Waals surface area contributed by atoms with Crippen LogP contribution in [0.1, 0.15) is 22.3 Å². The van der Waals surface area contributed by atoms with Crippen molar-refractivity contribution in [2.75, 3.05) is 26.8 Å². The van der Waals surface area contributed by atoms with Crippen LogP contribution in [0.3, 0.4) is 0 Å². The number of ether oxygens (including phenoxy) is 1. The molecule has 7 nitrogen and oxygen atoms in total. The molecular weight excluding hydrogens is 356 g/mol. The summed E-state index contributed by atoms with van der Waals surface area (Å²) in [7, 11) is -2.01. The van der Waals surface area contributed by atoms with Gasteiger partial charge in [-0.2, -0.15) is 0 Å². The molecule has 0 radical (unpaired) electrons. The Morgan fingerprint density at radius 1 is 1.35 bits per heavy atom. The predicted molar refractivity (Wildman–Crippen MR) is 95.1 cm³/mol. The third-order valence-corrected chi connectivity index (χ3v) is 5.75. The molecule has 8 heteroatoms. The van der Waals surface area contributed by atoms with Gasteiger partial charge in [0.1, 0.15) is 0 Å². The normalized spacial score (nSPS) is 17.3. The second-order valence-corrected chi connectivity index (χ2v) is 8.17. The Kier molecular flexibility index (Phi) is 5.75. The first-order valence-electron chi connectivity index (χ1n) is 8.40. The highest BCUT2D eigenvalue weighted by molar-refractivity contribution is 7.89. The van der Waals surface area contributed by atoms with Crippen molar-refractivity contribution >= 4 is 15.9 Å². The second-order valence-electron chi connectivity index (χ2n) is 6.40. The summed E-state index contributed by atoms with van der Waals surface area (Å²) in [6, 6.07) is 7.85. The quantitative estimate of drug-likeness (QED) is 0.794. The Morgan fingerprint density at radius 3 is 2.88 bits per heavy atom. The van der Waals surface area contributed by atoms with Gasteiger partial charge in [-0.3, -0.25) is 4.79 Å². The molecule has 1 atom stereocenters. The minimum absolute atomic E-state index is 0.0824. The van der Waals surface area contributed by atoms with Crippen LogP contribution in [0.25, 0.3) is 0 Å². The van der Waals surface area contributed by atoms with E-state index >= 15 is 0 Å². The molecule has 0 bridgehead atoms. The van der Waals surface area contributed by atoms with Gasteiger partial charge in [0.05, 0.1) is 24.0 Å². The van der Waals surface area contributed by atoms with Crippen molar-refractivity contribution in [3.8, 4) is 0 Å². The van der Waals surface area contributed by atoms with Crippen LogP contribution in [0.2, 0.25) is 0 Å².